The van der Waals surface area contributed by atoms with Crippen LogP contribution in [-0.4, -0.2) is 63.1 Å². The van der Waals surface area contributed by atoms with Gasteiger partial charge in [-0.05, 0) is 67.1 Å². The summed E-state index contributed by atoms with van der Waals surface area (Å²) in [5.41, 5.74) is 1.67. The van der Waals surface area contributed by atoms with Gasteiger partial charge in [0.2, 0.25) is 6.79 Å². The van der Waals surface area contributed by atoms with Gasteiger partial charge < -0.3 is 19.4 Å². The molecule has 0 bridgehead atoms. The first-order valence-corrected chi connectivity index (χ1v) is 12.8. The third-order valence-electron chi connectivity index (χ3n) is 7.71. The number of piperazine rings is 1. The third kappa shape index (κ3) is 4.26. The molecule has 0 radical (unpaired) electrons. The SMILES string of the molecule is CCC(C)(C)n1nnnc1[C@@H](c1cc2cc3c(cc2[nH]c1=O)OCO3)N1CCN(c2ccc(F)cc2)CC1. The molecule has 2 aromatic carbocycles. The van der Waals surface area contributed by atoms with Gasteiger partial charge in [-0.2, -0.15) is 0 Å². The number of fused-ring (bicyclic) bond motifs is 2. The van der Waals surface area contributed by atoms with Crippen LogP contribution < -0.4 is 19.9 Å². The number of nitrogens with zero attached hydrogens (tertiary/aromatic N) is 6. The summed E-state index contributed by atoms with van der Waals surface area (Å²) in [5.74, 6) is 1.63. The molecular weight excluding hydrogens is 489 g/mol. The summed E-state index contributed by atoms with van der Waals surface area (Å²) in [4.78, 5) is 21.1. The minimum Gasteiger partial charge on any atom is -0.454 e. The summed E-state index contributed by atoms with van der Waals surface area (Å²) in [6, 6.07) is 11.7. The molecular formula is C27H30FN7O3. The van der Waals surface area contributed by atoms with Gasteiger partial charge in [-0.15, -0.1) is 5.10 Å². The smallest absolute Gasteiger partial charge is 0.253 e. The van der Waals surface area contributed by atoms with Gasteiger partial charge in [0, 0.05) is 48.9 Å². The molecule has 1 N–H and O–H groups in total. The van der Waals surface area contributed by atoms with Crippen molar-refractivity contribution in [3.8, 4) is 11.5 Å². The predicted octanol–water partition coefficient (Wildman–Crippen LogP) is 3.44. The van der Waals surface area contributed by atoms with Gasteiger partial charge in [0.1, 0.15) is 11.9 Å². The molecule has 38 heavy (non-hydrogen) atoms. The molecule has 0 amide bonds. The first-order chi connectivity index (χ1) is 18.3. The fraction of sp³-hybridized carbons (Fsp3) is 0.407. The molecule has 6 rings (SSSR count). The molecule has 0 aliphatic carbocycles. The highest BCUT2D eigenvalue weighted by Gasteiger charge is 2.36. The van der Waals surface area contributed by atoms with Crippen molar-refractivity contribution >= 4 is 16.6 Å². The quantitative estimate of drug-likeness (QED) is 0.414. The highest BCUT2D eigenvalue weighted by molar-refractivity contribution is 5.83. The van der Waals surface area contributed by atoms with E-state index in [-0.39, 0.29) is 23.7 Å². The molecule has 2 aliphatic rings. The van der Waals surface area contributed by atoms with E-state index in [1.807, 2.05) is 16.8 Å². The Morgan fingerprint density at radius 3 is 2.47 bits per heavy atom. The molecule has 10 nitrogen and oxygen atoms in total. The first-order valence-electron chi connectivity index (χ1n) is 12.8. The molecule has 0 spiro atoms. The molecule has 4 heterocycles. The summed E-state index contributed by atoms with van der Waals surface area (Å²) < 4.78 is 26.4. The van der Waals surface area contributed by atoms with E-state index >= 15 is 0 Å². The fourth-order valence-corrected chi connectivity index (χ4v) is 5.15. The molecule has 0 unspecified atom stereocenters. The van der Waals surface area contributed by atoms with E-state index in [1.54, 1.807) is 18.2 Å². The summed E-state index contributed by atoms with van der Waals surface area (Å²) in [7, 11) is 0. The van der Waals surface area contributed by atoms with Gasteiger partial charge in [0.15, 0.2) is 17.3 Å². The molecule has 1 saturated heterocycles. The van der Waals surface area contributed by atoms with E-state index in [0.29, 0.717) is 54.6 Å². The van der Waals surface area contributed by atoms with Gasteiger partial charge in [-0.25, -0.2) is 9.07 Å². The molecule has 1 fully saturated rings. The molecule has 2 aliphatic heterocycles. The van der Waals surface area contributed by atoms with E-state index < -0.39 is 6.04 Å². The Labute approximate surface area is 219 Å². The summed E-state index contributed by atoms with van der Waals surface area (Å²) >= 11 is 0. The lowest BCUT2D eigenvalue weighted by molar-refractivity contribution is 0.174. The second-order valence-corrected chi connectivity index (χ2v) is 10.4. The monoisotopic (exact) mass is 519 g/mol. The Bertz CT molecular complexity index is 1520. The van der Waals surface area contributed by atoms with Crippen molar-refractivity contribution in [3.63, 3.8) is 0 Å². The summed E-state index contributed by atoms with van der Waals surface area (Å²) in [6.45, 7) is 9.18. The van der Waals surface area contributed by atoms with Crippen LogP contribution in [-0.2, 0) is 5.54 Å². The fourth-order valence-electron chi connectivity index (χ4n) is 5.15. The minimum absolute atomic E-state index is 0.157. The van der Waals surface area contributed by atoms with Crippen molar-refractivity contribution in [1.82, 2.24) is 30.1 Å². The number of aromatic nitrogens is 5. The zero-order valence-corrected chi connectivity index (χ0v) is 21.6. The van der Waals surface area contributed by atoms with E-state index in [0.717, 1.165) is 17.5 Å². The standard InChI is InChI=1S/C27H30FN7O3/c1-4-27(2,3)35-25(30-31-32-35)24(34-11-9-33(10-12-34)19-7-5-18(28)6-8-19)20-13-17-14-22-23(38-16-37-22)15-21(17)29-26(20)36/h5-8,13-15,24H,4,9-12,16H2,1-3H3,(H,29,36)/t24-/m1/s1. The van der Waals surface area contributed by atoms with Crippen LogP contribution in [0.1, 0.15) is 44.6 Å². The maximum Gasteiger partial charge on any atom is 0.253 e. The van der Waals surface area contributed by atoms with Crippen molar-refractivity contribution in [2.45, 2.75) is 38.8 Å². The molecule has 198 valence electrons. The Hall–Kier alpha value is -3.99. The maximum atomic E-state index is 13.6. The largest absolute Gasteiger partial charge is 0.454 e. The van der Waals surface area contributed by atoms with Crippen molar-refractivity contribution < 1.29 is 13.9 Å². The second-order valence-electron chi connectivity index (χ2n) is 10.4. The van der Waals surface area contributed by atoms with Crippen LogP contribution in [0.15, 0.2) is 47.3 Å². The van der Waals surface area contributed by atoms with Crippen molar-refractivity contribution in [1.29, 1.82) is 0 Å². The number of anilines is 1. The van der Waals surface area contributed by atoms with Crippen LogP contribution in [0, 0.1) is 5.82 Å². The highest BCUT2D eigenvalue weighted by Crippen LogP contribution is 2.37. The molecule has 0 saturated carbocycles. The van der Waals surface area contributed by atoms with Crippen LogP contribution in [0.5, 0.6) is 11.5 Å². The molecule has 11 heteroatoms. The van der Waals surface area contributed by atoms with Gasteiger partial charge in [0.05, 0.1) is 11.1 Å². The Morgan fingerprint density at radius 2 is 1.76 bits per heavy atom. The van der Waals surface area contributed by atoms with Gasteiger partial charge >= 0.3 is 0 Å². The number of hydrogen-bond acceptors (Lipinski definition) is 8. The third-order valence-corrected chi connectivity index (χ3v) is 7.71. The minimum atomic E-state index is -0.468. The van der Waals surface area contributed by atoms with E-state index in [1.165, 1.54) is 12.1 Å². The van der Waals surface area contributed by atoms with Crippen LogP contribution in [0.2, 0.25) is 0 Å². The van der Waals surface area contributed by atoms with Gasteiger partial charge in [-0.3, -0.25) is 9.69 Å². The average Bonchev–Trinajstić information content (AvgIpc) is 3.59. The molecule has 2 aromatic heterocycles. The number of tetrazole rings is 1. The van der Waals surface area contributed by atoms with Crippen LogP contribution in [0.4, 0.5) is 10.1 Å². The zero-order chi connectivity index (χ0) is 26.4. The van der Waals surface area contributed by atoms with Crippen molar-refractivity contribution in [3.05, 3.63) is 70.0 Å². The number of nitrogens with one attached hydrogen (secondary N) is 1. The Morgan fingerprint density at radius 1 is 1.05 bits per heavy atom. The van der Waals surface area contributed by atoms with E-state index in [9.17, 15) is 9.18 Å². The number of pyridine rings is 1. The number of rotatable bonds is 6. The normalized spacial score (nSPS) is 16.8. The number of benzene rings is 2. The second kappa shape index (κ2) is 9.39. The lowest BCUT2D eigenvalue weighted by atomic mass is 9.98. The number of aromatic amines is 1. The highest BCUT2D eigenvalue weighted by atomic mass is 19.1. The number of ether oxygens (including phenoxy) is 2. The van der Waals surface area contributed by atoms with E-state index in [2.05, 4.69) is 51.1 Å². The topological polar surface area (TPSA) is 101 Å². The van der Waals surface area contributed by atoms with Gasteiger partial charge in [0.25, 0.3) is 5.56 Å². The zero-order valence-electron chi connectivity index (χ0n) is 21.6. The Kier molecular flexibility index (Phi) is 6.02. The Balaban J connectivity index is 1.41. The van der Waals surface area contributed by atoms with Crippen molar-refractivity contribution in [2.75, 3.05) is 37.9 Å². The maximum absolute atomic E-state index is 13.6. The molecule has 1 atom stereocenters. The van der Waals surface area contributed by atoms with Crippen LogP contribution >= 0.6 is 0 Å². The lowest BCUT2D eigenvalue weighted by Gasteiger charge is -2.40. The lowest BCUT2D eigenvalue weighted by Crippen LogP contribution is -2.49. The number of hydrogen-bond donors (Lipinski definition) is 1. The first kappa shape index (κ1) is 24.4. The average molecular weight is 520 g/mol. The number of H-pyrrole nitrogens is 1. The summed E-state index contributed by atoms with van der Waals surface area (Å²) in [6.07, 6.45) is 0.813. The van der Waals surface area contributed by atoms with E-state index in [4.69, 9.17) is 9.47 Å². The van der Waals surface area contributed by atoms with Gasteiger partial charge in [-0.1, -0.05) is 6.92 Å². The molecule has 4 aromatic rings. The predicted molar refractivity (Wildman–Crippen MR) is 140 cm³/mol. The number of halogens is 1. The van der Waals surface area contributed by atoms with Crippen LogP contribution in [0.3, 0.4) is 0 Å². The summed E-state index contributed by atoms with van der Waals surface area (Å²) in [5, 5.41) is 13.7. The van der Waals surface area contributed by atoms with Crippen LogP contribution in [0.25, 0.3) is 10.9 Å². The van der Waals surface area contributed by atoms with Crippen molar-refractivity contribution in [2.24, 2.45) is 0 Å².